The number of hydrogen-bond acceptors (Lipinski definition) is 6. The molecule has 0 atom stereocenters. The van der Waals surface area contributed by atoms with Gasteiger partial charge in [-0.1, -0.05) is 30.0 Å². The maximum Gasteiger partial charge on any atom is 0.263 e. The van der Waals surface area contributed by atoms with Crippen molar-refractivity contribution >= 4 is 61.6 Å². The topological polar surface area (TPSA) is 81.3 Å². The van der Waals surface area contributed by atoms with Crippen LogP contribution in [-0.4, -0.2) is 30.8 Å². The van der Waals surface area contributed by atoms with E-state index in [4.69, 9.17) is 0 Å². The van der Waals surface area contributed by atoms with Gasteiger partial charge in [0.1, 0.15) is 0 Å². The Labute approximate surface area is 182 Å². The van der Waals surface area contributed by atoms with Gasteiger partial charge in [0.15, 0.2) is 5.16 Å². The van der Waals surface area contributed by atoms with Crippen molar-refractivity contribution < 1.29 is 4.79 Å². The minimum atomic E-state index is -0.142. The van der Waals surface area contributed by atoms with E-state index in [1.54, 1.807) is 23.5 Å². The van der Waals surface area contributed by atoms with Crippen molar-refractivity contribution in [3.8, 4) is 0 Å². The van der Waals surface area contributed by atoms with Crippen LogP contribution in [0.4, 0.5) is 0 Å². The molecule has 1 amide bonds. The fraction of sp³-hybridized carbons (Fsp3) is 0.158. The van der Waals surface area contributed by atoms with Crippen molar-refractivity contribution in [1.82, 2.24) is 24.5 Å². The lowest BCUT2D eigenvalue weighted by molar-refractivity contribution is -0.118. The molecule has 0 unspecified atom stereocenters. The van der Waals surface area contributed by atoms with E-state index in [9.17, 15) is 9.59 Å². The number of nitrogens with one attached hydrogen (secondary N) is 1. The van der Waals surface area contributed by atoms with Crippen molar-refractivity contribution in [3.63, 3.8) is 0 Å². The predicted octanol–water partition coefficient (Wildman–Crippen LogP) is 3.46. The van der Waals surface area contributed by atoms with Crippen LogP contribution in [0.3, 0.4) is 0 Å². The molecule has 0 saturated carbocycles. The SMILES string of the molecule is C=CCn1c(=O)c2ccccc2n2c(SCC(=O)NCc3ccc(Br)s3)nnc12. The Hall–Kier alpha value is -2.43. The lowest BCUT2D eigenvalue weighted by atomic mass is 10.2. The first-order valence-electron chi connectivity index (χ1n) is 8.69. The number of para-hydroxylation sites is 1. The Balaban J connectivity index is 1.60. The van der Waals surface area contributed by atoms with E-state index in [0.717, 1.165) is 8.66 Å². The van der Waals surface area contributed by atoms with Gasteiger partial charge in [-0.15, -0.1) is 28.1 Å². The highest BCUT2D eigenvalue weighted by Gasteiger charge is 2.17. The maximum atomic E-state index is 12.8. The Bertz CT molecular complexity index is 1280. The highest BCUT2D eigenvalue weighted by atomic mass is 79.9. The molecule has 0 spiro atoms. The lowest BCUT2D eigenvalue weighted by Gasteiger charge is -2.09. The number of aromatic nitrogens is 4. The van der Waals surface area contributed by atoms with E-state index < -0.39 is 0 Å². The van der Waals surface area contributed by atoms with Gasteiger partial charge < -0.3 is 5.32 Å². The van der Waals surface area contributed by atoms with Gasteiger partial charge >= 0.3 is 0 Å². The summed E-state index contributed by atoms with van der Waals surface area (Å²) in [6.07, 6.45) is 1.65. The summed E-state index contributed by atoms with van der Waals surface area (Å²) in [4.78, 5) is 26.1. The molecular weight excluding hydrogens is 474 g/mol. The predicted molar refractivity (Wildman–Crippen MR) is 120 cm³/mol. The van der Waals surface area contributed by atoms with E-state index in [-0.39, 0.29) is 17.2 Å². The minimum absolute atomic E-state index is 0.0972. The molecule has 0 aliphatic carbocycles. The van der Waals surface area contributed by atoms with E-state index in [1.165, 1.54) is 16.3 Å². The summed E-state index contributed by atoms with van der Waals surface area (Å²) < 4.78 is 4.37. The highest BCUT2D eigenvalue weighted by Crippen LogP contribution is 2.23. The summed E-state index contributed by atoms with van der Waals surface area (Å²) in [7, 11) is 0. The molecule has 148 valence electrons. The molecule has 3 heterocycles. The van der Waals surface area contributed by atoms with Gasteiger partial charge in [-0.05, 0) is 40.2 Å². The number of thiophene rings is 1. The molecule has 7 nitrogen and oxygen atoms in total. The number of nitrogens with zero attached hydrogens (tertiary/aromatic N) is 4. The van der Waals surface area contributed by atoms with Crippen LogP contribution in [0.25, 0.3) is 16.7 Å². The lowest BCUT2D eigenvalue weighted by Crippen LogP contribution is -2.24. The molecule has 4 rings (SSSR count). The molecule has 0 fully saturated rings. The van der Waals surface area contributed by atoms with Crippen LogP contribution in [-0.2, 0) is 17.9 Å². The number of fused-ring (bicyclic) bond motifs is 3. The van der Waals surface area contributed by atoms with Crippen molar-refractivity contribution in [1.29, 1.82) is 0 Å². The Morgan fingerprint density at radius 3 is 2.86 bits per heavy atom. The Morgan fingerprint density at radius 1 is 1.28 bits per heavy atom. The molecular formula is C19H16BrN5O2S2. The first kappa shape index (κ1) is 19.9. The first-order valence-corrected chi connectivity index (χ1v) is 11.3. The number of halogens is 1. The number of carbonyl (C=O) groups is 1. The molecule has 10 heteroatoms. The van der Waals surface area contributed by atoms with Crippen molar-refractivity contribution in [2.45, 2.75) is 18.2 Å². The normalized spacial score (nSPS) is 11.2. The monoisotopic (exact) mass is 489 g/mol. The second-order valence-electron chi connectivity index (χ2n) is 6.11. The summed E-state index contributed by atoms with van der Waals surface area (Å²) in [5, 5.41) is 12.4. The molecule has 29 heavy (non-hydrogen) atoms. The Morgan fingerprint density at radius 2 is 2.10 bits per heavy atom. The summed E-state index contributed by atoms with van der Waals surface area (Å²) in [5.74, 6) is 0.530. The summed E-state index contributed by atoms with van der Waals surface area (Å²) in [5.41, 5.74) is 0.570. The van der Waals surface area contributed by atoms with E-state index >= 15 is 0 Å². The molecule has 0 aliphatic rings. The van der Waals surface area contributed by atoms with Crippen molar-refractivity contribution in [2.24, 2.45) is 0 Å². The molecule has 0 bridgehead atoms. The van der Waals surface area contributed by atoms with Crippen molar-refractivity contribution in [3.05, 3.63) is 68.1 Å². The Kier molecular flexibility index (Phi) is 5.84. The fourth-order valence-electron chi connectivity index (χ4n) is 2.93. The van der Waals surface area contributed by atoms with Gasteiger partial charge in [-0.25, -0.2) is 0 Å². The number of carbonyl (C=O) groups excluding carboxylic acids is 1. The molecule has 4 aromatic rings. The fourth-order valence-corrected chi connectivity index (χ4v) is 5.13. The number of amides is 1. The largest absolute Gasteiger partial charge is 0.350 e. The minimum Gasteiger partial charge on any atom is -0.350 e. The van der Waals surface area contributed by atoms with Crippen molar-refractivity contribution in [2.75, 3.05) is 5.75 Å². The van der Waals surface area contributed by atoms with Gasteiger partial charge in [-0.2, -0.15) is 0 Å². The third-order valence-corrected chi connectivity index (χ3v) is 6.76. The molecule has 0 radical (unpaired) electrons. The second-order valence-corrected chi connectivity index (χ2v) is 9.60. The van der Waals surface area contributed by atoms with Gasteiger partial charge in [0.25, 0.3) is 5.56 Å². The number of benzene rings is 1. The summed E-state index contributed by atoms with van der Waals surface area (Å²) >= 11 is 6.28. The molecule has 0 aliphatic heterocycles. The van der Waals surface area contributed by atoms with Crippen LogP contribution in [0.1, 0.15) is 4.88 Å². The van der Waals surface area contributed by atoms with Gasteiger partial charge in [0.05, 0.1) is 27.0 Å². The van der Waals surface area contributed by atoms with Crippen LogP contribution in [0.15, 0.2) is 62.8 Å². The molecule has 3 aromatic heterocycles. The number of hydrogen-bond donors (Lipinski definition) is 1. The average molecular weight is 490 g/mol. The summed E-state index contributed by atoms with van der Waals surface area (Å²) in [6.45, 7) is 4.53. The zero-order valence-electron chi connectivity index (χ0n) is 15.2. The standard InChI is InChI=1S/C19H16BrN5O2S2/c1-2-9-24-17(27)13-5-3-4-6-14(13)25-18(24)22-23-19(25)28-11-16(26)21-10-12-7-8-15(20)29-12/h2-8H,1,9-11H2,(H,21,26). The van der Waals surface area contributed by atoms with Crippen LogP contribution in [0.2, 0.25) is 0 Å². The quantitative estimate of drug-likeness (QED) is 0.317. The zero-order chi connectivity index (χ0) is 20.4. The first-order chi connectivity index (χ1) is 14.1. The van der Waals surface area contributed by atoms with Crippen LogP contribution in [0, 0.1) is 0 Å². The average Bonchev–Trinajstić information content (AvgIpc) is 3.34. The summed E-state index contributed by atoms with van der Waals surface area (Å²) in [6, 6.07) is 11.2. The van der Waals surface area contributed by atoms with Crippen LogP contribution in [0.5, 0.6) is 0 Å². The highest BCUT2D eigenvalue weighted by molar-refractivity contribution is 9.11. The third-order valence-electron chi connectivity index (χ3n) is 4.21. The third kappa shape index (κ3) is 4.00. The number of allylic oxidation sites excluding steroid dienone is 1. The van der Waals surface area contributed by atoms with E-state index in [0.29, 0.717) is 34.9 Å². The smallest absolute Gasteiger partial charge is 0.263 e. The van der Waals surface area contributed by atoms with Crippen LogP contribution < -0.4 is 10.9 Å². The molecule has 0 saturated heterocycles. The zero-order valence-corrected chi connectivity index (χ0v) is 18.4. The van der Waals surface area contributed by atoms with Gasteiger partial charge in [-0.3, -0.25) is 18.6 Å². The van der Waals surface area contributed by atoms with Gasteiger partial charge in [0.2, 0.25) is 11.7 Å². The second kappa shape index (κ2) is 8.52. The maximum absolute atomic E-state index is 12.8. The number of rotatable bonds is 7. The van der Waals surface area contributed by atoms with Gasteiger partial charge in [0, 0.05) is 11.4 Å². The van der Waals surface area contributed by atoms with E-state index in [2.05, 4.69) is 38.0 Å². The van der Waals surface area contributed by atoms with Crippen LogP contribution >= 0.6 is 39.0 Å². The molecule has 1 N–H and O–H groups in total. The number of thioether (sulfide) groups is 1. The van der Waals surface area contributed by atoms with E-state index in [1.807, 2.05) is 34.7 Å². The molecule has 1 aromatic carbocycles.